The fraction of sp³-hybridized carbons (Fsp3) is 0.500. The lowest BCUT2D eigenvalue weighted by Gasteiger charge is -2.13. The molecule has 1 fully saturated rings. The number of benzene rings is 1. The van der Waals surface area contributed by atoms with Gasteiger partial charge in [-0.15, -0.1) is 12.4 Å². The number of methoxy groups -OCH3 is 1. The number of alkyl halides is 2. The molecule has 8 heteroatoms. The van der Waals surface area contributed by atoms with Crippen molar-refractivity contribution in [2.45, 2.75) is 25.5 Å². The van der Waals surface area contributed by atoms with Gasteiger partial charge in [-0.2, -0.15) is 8.78 Å². The van der Waals surface area contributed by atoms with Crippen LogP contribution in [0.1, 0.15) is 23.2 Å². The second-order valence-corrected chi connectivity index (χ2v) is 4.96. The minimum Gasteiger partial charge on any atom is -0.493 e. The molecule has 1 amide bonds. The molecule has 1 aliphatic rings. The van der Waals surface area contributed by atoms with Crippen LogP contribution in [0.4, 0.5) is 8.78 Å². The summed E-state index contributed by atoms with van der Waals surface area (Å²) in [5, 5.41) is 2.72. The van der Waals surface area contributed by atoms with Crippen molar-refractivity contribution < 1.29 is 23.0 Å². The molecule has 22 heavy (non-hydrogen) atoms. The van der Waals surface area contributed by atoms with Crippen LogP contribution < -0.4 is 20.5 Å². The van der Waals surface area contributed by atoms with Gasteiger partial charge < -0.3 is 20.5 Å². The van der Waals surface area contributed by atoms with Gasteiger partial charge in [0.2, 0.25) is 0 Å². The Labute approximate surface area is 133 Å². The summed E-state index contributed by atoms with van der Waals surface area (Å²) in [6, 6.07) is 3.99. The molecular weight excluding hydrogens is 318 g/mol. The van der Waals surface area contributed by atoms with Gasteiger partial charge in [-0.25, -0.2) is 0 Å². The van der Waals surface area contributed by atoms with Crippen LogP contribution in [0.3, 0.4) is 0 Å². The number of halogens is 3. The van der Waals surface area contributed by atoms with E-state index >= 15 is 0 Å². The van der Waals surface area contributed by atoms with Gasteiger partial charge in [-0.3, -0.25) is 4.79 Å². The summed E-state index contributed by atoms with van der Waals surface area (Å²) in [5.74, 6) is 0.128. The normalized spacial score (nSPS) is 15.0. The van der Waals surface area contributed by atoms with Gasteiger partial charge in [0.15, 0.2) is 11.5 Å². The molecule has 124 valence electrons. The van der Waals surface area contributed by atoms with Crippen LogP contribution in [0, 0.1) is 5.92 Å². The van der Waals surface area contributed by atoms with Crippen molar-refractivity contribution in [3.05, 3.63) is 23.8 Å². The average molecular weight is 337 g/mol. The summed E-state index contributed by atoms with van der Waals surface area (Å²) in [6.07, 6.45) is 2.20. The monoisotopic (exact) mass is 336 g/mol. The predicted molar refractivity (Wildman–Crippen MR) is 79.9 cm³/mol. The van der Waals surface area contributed by atoms with Gasteiger partial charge in [0.1, 0.15) is 0 Å². The summed E-state index contributed by atoms with van der Waals surface area (Å²) in [4.78, 5) is 12.0. The smallest absolute Gasteiger partial charge is 0.387 e. The summed E-state index contributed by atoms with van der Waals surface area (Å²) in [5.41, 5.74) is 6.20. The van der Waals surface area contributed by atoms with Gasteiger partial charge >= 0.3 is 6.61 Å². The van der Waals surface area contributed by atoms with E-state index in [1.807, 2.05) is 0 Å². The van der Waals surface area contributed by atoms with Crippen LogP contribution in [-0.2, 0) is 0 Å². The Morgan fingerprint density at radius 1 is 1.41 bits per heavy atom. The maximum atomic E-state index is 12.2. The van der Waals surface area contributed by atoms with Crippen molar-refractivity contribution in [2.24, 2.45) is 11.7 Å². The van der Waals surface area contributed by atoms with Gasteiger partial charge in [0.25, 0.3) is 5.91 Å². The molecule has 0 saturated heterocycles. The highest BCUT2D eigenvalue weighted by atomic mass is 35.5. The van der Waals surface area contributed by atoms with Crippen LogP contribution in [0.15, 0.2) is 18.2 Å². The van der Waals surface area contributed by atoms with Crippen LogP contribution >= 0.6 is 12.4 Å². The average Bonchev–Trinajstić information content (AvgIpc) is 3.28. The number of nitrogens with two attached hydrogens (primary N) is 1. The lowest BCUT2D eigenvalue weighted by atomic mass is 10.1. The summed E-state index contributed by atoms with van der Waals surface area (Å²) in [7, 11) is 1.32. The Kier molecular flexibility index (Phi) is 6.83. The van der Waals surface area contributed by atoms with E-state index in [0.717, 1.165) is 12.8 Å². The van der Waals surface area contributed by atoms with Gasteiger partial charge in [-0.05, 0) is 37.0 Å². The maximum absolute atomic E-state index is 12.2. The summed E-state index contributed by atoms with van der Waals surface area (Å²) >= 11 is 0. The van der Waals surface area contributed by atoms with E-state index in [9.17, 15) is 13.6 Å². The largest absolute Gasteiger partial charge is 0.493 e. The minimum atomic E-state index is -2.95. The molecule has 2 rings (SSSR count). The lowest BCUT2D eigenvalue weighted by Crippen LogP contribution is -2.38. The van der Waals surface area contributed by atoms with E-state index < -0.39 is 6.61 Å². The molecule has 1 unspecified atom stereocenters. The molecule has 1 aromatic carbocycles. The maximum Gasteiger partial charge on any atom is 0.387 e. The van der Waals surface area contributed by atoms with E-state index in [-0.39, 0.29) is 35.9 Å². The third-order valence-corrected chi connectivity index (χ3v) is 3.37. The highest BCUT2D eigenvalue weighted by Crippen LogP contribution is 2.31. The second-order valence-electron chi connectivity index (χ2n) is 4.96. The molecular formula is C14H19ClF2N2O3. The van der Waals surface area contributed by atoms with Crippen molar-refractivity contribution in [3.63, 3.8) is 0 Å². The lowest BCUT2D eigenvalue weighted by molar-refractivity contribution is -0.0512. The highest BCUT2D eigenvalue weighted by molar-refractivity contribution is 5.94. The number of ether oxygens (including phenoxy) is 2. The van der Waals surface area contributed by atoms with Crippen LogP contribution in [-0.4, -0.2) is 32.2 Å². The van der Waals surface area contributed by atoms with Gasteiger partial charge in [0, 0.05) is 18.2 Å². The number of rotatable bonds is 7. The standard InChI is InChI=1S/C14H18F2N2O3.ClH/c1-20-12-6-9(4-5-11(12)21-14(15)16)13(19)18-7-10(17)8-2-3-8;/h4-6,8,10,14H,2-3,7,17H2,1H3,(H,18,19);1H. The molecule has 3 N–H and O–H groups in total. The number of carbonyl (C=O) groups is 1. The molecule has 1 atom stereocenters. The topological polar surface area (TPSA) is 73.6 Å². The number of nitrogens with one attached hydrogen (secondary N) is 1. The number of amides is 1. The zero-order chi connectivity index (χ0) is 15.4. The summed E-state index contributed by atoms with van der Waals surface area (Å²) < 4.78 is 33.7. The highest BCUT2D eigenvalue weighted by Gasteiger charge is 2.28. The molecule has 5 nitrogen and oxygen atoms in total. The van der Waals surface area contributed by atoms with E-state index in [0.29, 0.717) is 18.0 Å². The van der Waals surface area contributed by atoms with Crippen molar-refractivity contribution >= 4 is 18.3 Å². The van der Waals surface area contributed by atoms with Gasteiger partial charge in [0.05, 0.1) is 7.11 Å². The Balaban J connectivity index is 0.00000242. The molecule has 1 aromatic rings. The predicted octanol–water partition coefficient (Wildman–Crippen LogP) is 2.19. The second kappa shape index (κ2) is 8.14. The molecule has 1 saturated carbocycles. The first kappa shape index (κ1) is 18.4. The van der Waals surface area contributed by atoms with E-state index in [1.54, 1.807) is 0 Å². The van der Waals surface area contributed by atoms with Crippen molar-refractivity contribution in [1.29, 1.82) is 0 Å². The van der Waals surface area contributed by atoms with Gasteiger partial charge in [-0.1, -0.05) is 0 Å². The van der Waals surface area contributed by atoms with Crippen molar-refractivity contribution in [3.8, 4) is 11.5 Å². The fourth-order valence-electron chi connectivity index (χ4n) is 2.01. The molecule has 0 radical (unpaired) electrons. The van der Waals surface area contributed by atoms with Crippen molar-refractivity contribution in [1.82, 2.24) is 5.32 Å². The first-order valence-corrected chi connectivity index (χ1v) is 6.68. The third-order valence-electron chi connectivity index (χ3n) is 3.37. The van der Waals surface area contributed by atoms with Crippen LogP contribution in [0.2, 0.25) is 0 Å². The number of carbonyl (C=O) groups excluding carboxylic acids is 1. The zero-order valence-corrected chi connectivity index (χ0v) is 12.9. The molecule has 0 spiro atoms. The first-order chi connectivity index (χ1) is 10.0. The minimum absolute atomic E-state index is 0. The fourth-order valence-corrected chi connectivity index (χ4v) is 2.01. The Bertz CT molecular complexity index is 513. The molecule has 0 aromatic heterocycles. The SMILES string of the molecule is COc1cc(C(=O)NCC(N)C2CC2)ccc1OC(F)F.Cl. The molecule has 1 aliphatic carbocycles. The summed E-state index contributed by atoms with van der Waals surface area (Å²) in [6.45, 7) is -2.56. The Morgan fingerprint density at radius 2 is 2.09 bits per heavy atom. The van der Waals surface area contributed by atoms with E-state index in [1.165, 1.54) is 25.3 Å². The Morgan fingerprint density at radius 3 is 2.64 bits per heavy atom. The van der Waals surface area contributed by atoms with E-state index in [4.69, 9.17) is 10.5 Å². The molecule has 0 aliphatic heterocycles. The quantitative estimate of drug-likeness (QED) is 0.800. The third kappa shape index (κ3) is 4.99. The number of hydrogen-bond donors (Lipinski definition) is 2. The van der Waals surface area contributed by atoms with E-state index in [2.05, 4.69) is 10.1 Å². The molecule has 0 bridgehead atoms. The zero-order valence-electron chi connectivity index (χ0n) is 12.1. The van der Waals surface area contributed by atoms with Crippen LogP contribution in [0.25, 0.3) is 0 Å². The number of hydrogen-bond acceptors (Lipinski definition) is 4. The van der Waals surface area contributed by atoms with Crippen LogP contribution in [0.5, 0.6) is 11.5 Å². The van der Waals surface area contributed by atoms with Crippen molar-refractivity contribution in [2.75, 3.05) is 13.7 Å². The molecule has 0 heterocycles. The first-order valence-electron chi connectivity index (χ1n) is 6.68. The Hall–Kier alpha value is -1.60.